The number of hydrogen-bond donors (Lipinski definition) is 2. The molecule has 3 nitrogen and oxygen atoms in total. The summed E-state index contributed by atoms with van der Waals surface area (Å²) in [5.74, 6) is 0. The van der Waals surface area contributed by atoms with Crippen LogP contribution in [0.1, 0.15) is 39.5 Å². The van der Waals surface area contributed by atoms with Crippen molar-refractivity contribution in [1.29, 1.82) is 0 Å². The minimum Gasteiger partial charge on any atom is -0.395 e. The van der Waals surface area contributed by atoms with Gasteiger partial charge in [0.15, 0.2) is 0 Å². The van der Waals surface area contributed by atoms with Gasteiger partial charge in [0, 0.05) is 25.7 Å². The van der Waals surface area contributed by atoms with Crippen molar-refractivity contribution in [3.63, 3.8) is 0 Å². The molecule has 1 fully saturated rings. The van der Waals surface area contributed by atoms with Crippen LogP contribution >= 0.6 is 0 Å². The largest absolute Gasteiger partial charge is 0.395 e. The first-order chi connectivity index (χ1) is 7.59. The lowest BCUT2D eigenvalue weighted by Crippen LogP contribution is -2.45. The highest BCUT2D eigenvalue weighted by Crippen LogP contribution is 2.26. The van der Waals surface area contributed by atoms with E-state index in [1.807, 2.05) is 7.05 Å². The number of hydrogen-bond acceptors (Lipinski definition) is 3. The van der Waals surface area contributed by atoms with Gasteiger partial charge in [0.2, 0.25) is 0 Å². The average Bonchev–Trinajstić information content (AvgIpc) is 2.69. The van der Waals surface area contributed by atoms with E-state index in [4.69, 9.17) is 5.11 Å². The van der Waals surface area contributed by atoms with Gasteiger partial charge in [-0.05, 0) is 25.3 Å². The Morgan fingerprint density at radius 2 is 1.94 bits per heavy atom. The van der Waals surface area contributed by atoms with Crippen LogP contribution in [-0.4, -0.2) is 49.3 Å². The van der Waals surface area contributed by atoms with E-state index in [2.05, 4.69) is 24.1 Å². The molecule has 0 aromatic carbocycles. The summed E-state index contributed by atoms with van der Waals surface area (Å²) < 4.78 is 0. The van der Waals surface area contributed by atoms with Gasteiger partial charge in [0.1, 0.15) is 0 Å². The molecule has 0 atom stereocenters. The third kappa shape index (κ3) is 4.40. The lowest BCUT2D eigenvalue weighted by molar-refractivity contribution is 0.104. The molecule has 0 amide bonds. The van der Waals surface area contributed by atoms with E-state index < -0.39 is 0 Å². The quantitative estimate of drug-likeness (QED) is 0.692. The van der Waals surface area contributed by atoms with Gasteiger partial charge < -0.3 is 10.4 Å². The fourth-order valence-corrected chi connectivity index (χ4v) is 2.87. The molecule has 96 valence electrons. The fourth-order valence-electron chi connectivity index (χ4n) is 2.87. The normalized spacial score (nSPS) is 18.6. The molecule has 0 aromatic rings. The zero-order valence-corrected chi connectivity index (χ0v) is 11.1. The SMILES string of the molecule is CNCC(C)(C)CN(CCO)C1CCCC1. The highest BCUT2D eigenvalue weighted by atomic mass is 16.3. The molecule has 0 radical (unpaired) electrons. The molecule has 1 rings (SSSR count). The Kier molecular flexibility index (Phi) is 5.73. The van der Waals surface area contributed by atoms with Crippen LogP contribution in [0.25, 0.3) is 0 Å². The predicted octanol–water partition coefficient (Wildman–Crippen LogP) is 1.47. The molecule has 0 unspecified atom stereocenters. The molecule has 0 aliphatic heterocycles. The third-order valence-corrected chi connectivity index (χ3v) is 3.51. The lowest BCUT2D eigenvalue weighted by atomic mass is 9.92. The highest BCUT2D eigenvalue weighted by molar-refractivity contribution is 4.83. The van der Waals surface area contributed by atoms with Crippen LogP contribution in [0, 0.1) is 5.41 Å². The van der Waals surface area contributed by atoms with Gasteiger partial charge in [-0.3, -0.25) is 4.90 Å². The minimum atomic E-state index is 0.284. The Labute approximate surface area is 100 Å². The van der Waals surface area contributed by atoms with E-state index in [0.717, 1.165) is 19.6 Å². The van der Waals surface area contributed by atoms with Crippen LogP contribution in [0.3, 0.4) is 0 Å². The standard InChI is InChI=1S/C13H28N2O/c1-13(2,10-14-3)11-15(8-9-16)12-6-4-5-7-12/h12,14,16H,4-11H2,1-3H3. The zero-order chi connectivity index (χ0) is 12.0. The van der Waals surface area contributed by atoms with Crippen LogP contribution in [0.5, 0.6) is 0 Å². The summed E-state index contributed by atoms with van der Waals surface area (Å²) in [6, 6.07) is 0.711. The molecule has 2 N–H and O–H groups in total. The first-order valence-corrected chi connectivity index (χ1v) is 6.58. The molecule has 0 bridgehead atoms. The van der Waals surface area contributed by atoms with Gasteiger partial charge in [-0.15, -0.1) is 0 Å². The van der Waals surface area contributed by atoms with Crippen molar-refractivity contribution in [1.82, 2.24) is 10.2 Å². The van der Waals surface area contributed by atoms with Crippen LogP contribution in [-0.2, 0) is 0 Å². The zero-order valence-electron chi connectivity index (χ0n) is 11.1. The molecular formula is C13H28N2O. The van der Waals surface area contributed by atoms with E-state index in [0.29, 0.717) is 6.04 Å². The number of aliphatic hydroxyl groups excluding tert-OH is 1. The summed E-state index contributed by atoms with van der Waals surface area (Å²) in [6.07, 6.45) is 5.35. The summed E-state index contributed by atoms with van der Waals surface area (Å²) in [5, 5.41) is 12.4. The van der Waals surface area contributed by atoms with Gasteiger partial charge in [-0.1, -0.05) is 26.7 Å². The minimum absolute atomic E-state index is 0.284. The van der Waals surface area contributed by atoms with Crippen molar-refractivity contribution in [3.8, 4) is 0 Å². The number of nitrogens with one attached hydrogen (secondary N) is 1. The van der Waals surface area contributed by atoms with Crippen LogP contribution < -0.4 is 5.32 Å². The Balaban J connectivity index is 2.48. The average molecular weight is 228 g/mol. The summed E-state index contributed by atoms with van der Waals surface area (Å²) in [4.78, 5) is 2.49. The Hall–Kier alpha value is -0.120. The molecule has 0 spiro atoms. The number of aliphatic hydroxyl groups is 1. The van der Waals surface area contributed by atoms with Crippen molar-refractivity contribution < 1.29 is 5.11 Å². The van der Waals surface area contributed by atoms with E-state index in [1.54, 1.807) is 0 Å². The van der Waals surface area contributed by atoms with E-state index in [-0.39, 0.29) is 12.0 Å². The Morgan fingerprint density at radius 1 is 1.31 bits per heavy atom. The molecule has 0 saturated heterocycles. The maximum Gasteiger partial charge on any atom is 0.0558 e. The second-order valence-corrected chi connectivity index (χ2v) is 5.83. The molecule has 3 heteroatoms. The molecule has 16 heavy (non-hydrogen) atoms. The van der Waals surface area contributed by atoms with Gasteiger partial charge in [-0.2, -0.15) is 0 Å². The molecule has 1 aliphatic carbocycles. The Morgan fingerprint density at radius 3 is 2.44 bits per heavy atom. The van der Waals surface area contributed by atoms with Crippen LogP contribution in [0.4, 0.5) is 0 Å². The maximum atomic E-state index is 9.17. The topological polar surface area (TPSA) is 35.5 Å². The van der Waals surface area contributed by atoms with E-state index in [9.17, 15) is 0 Å². The van der Waals surface area contributed by atoms with Crippen LogP contribution in [0.15, 0.2) is 0 Å². The molecule has 1 aliphatic rings. The maximum absolute atomic E-state index is 9.17. The van der Waals surface area contributed by atoms with Crippen LogP contribution in [0.2, 0.25) is 0 Å². The smallest absolute Gasteiger partial charge is 0.0558 e. The van der Waals surface area contributed by atoms with E-state index in [1.165, 1.54) is 25.7 Å². The van der Waals surface area contributed by atoms with Gasteiger partial charge >= 0.3 is 0 Å². The molecule has 0 aromatic heterocycles. The highest BCUT2D eigenvalue weighted by Gasteiger charge is 2.27. The molecular weight excluding hydrogens is 200 g/mol. The molecule has 0 heterocycles. The third-order valence-electron chi connectivity index (χ3n) is 3.51. The van der Waals surface area contributed by atoms with Crippen molar-refractivity contribution in [3.05, 3.63) is 0 Å². The van der Waals surface area contributed by atoms with Gasteiger partial charge in [0.25, 0.3) is 0 Å². The summed E-state index contributed by atoms with van der Waals surface area (Å²) in [7, 11) is 2.01. The van der Waals surface area contributed by atoms with Crippen molar-refractivity contribution in [2.24, 2.45) is 5.41 Å². The first-order valence-electron chi connectivity index (χ1n) is 6.58. The van der Waals surface area contributed by atoms with Crippen molar-refractivity contribution >= 4 is 0 Å². The summed E-state index contributed by atoms with van der Waals surface area (Å²) in [6.45, 7) is 7.82. The lowest BCUT2D eigenvalue weighted by Gasteiger charge is -2.36. The van der Waals surface area contributed by atoms with E-state index >= 15 is 0 Å². The van der Waals surface area contributed by atoms with Crippen molar-refractivity contribution in [2.45, 2.75) is 45.6 Å². The predicted molar refractivity (Wildman–Crippen MR) is 68.6 cm³/mol. The second kappa shape index (κ2) is 6.58. The monoisotopic (exact) mass is 228 g/mol. The second-order valence-electron chi connectivity index (χ2n) is 5.83. The first kappa shape index (κ1) is 13.9. The molecule has 1 saturated carbocycles. The van der Waals surface area contributed by atoms with Crippen molar-refractivity contribution in [2.75, 3.05) is 33.3 Å². The number of nitrogens with zero attached hydrogens (tertiary/aromatic N) is 1. The number of rotatable bonds is 7. The van der Waals surface area contributed by atoms with Gasteiger partial charge in [0.05, 0.1) is 6.61 Å². The summed E-state index contributed by atoms with van der Waals surface area (Å²) in [5.41, 5.74) is 0.284. The fraction of sp³-hybridized carbons (Fsp3) is 1.00. The summed E-state index contributed by atoms with van der Waals surface area (Å²) >= 11 is 0. The Bertz CT molecular complexity index is 188. The van der Waals surface area contributed by atoms with Gasteiger partial charge in [-0.25, -0.2) is 0 Å².